The second-order valence-corrected chi connectivity index (χ2v) is 4.24. The Bertz CT molecular complexity index is 618. The van der Waals surface area contributed by atoms with Crippen molar-refractivity contribution in [3.05, 3.63) is 51.9 Å². The van der Waals surface area contributed by atoms with Crippen LogP contribution in [-0.2, 0) is 6.54 Å². The molecular formula is C14H17N3O2. The third-order valence-corrected chi connectivity index (χ3v) is 2.84. The van der Waals surface area contributed by atoms with Crippen LogP contribution in [0.2, 0.25) is 0 Å². The van der Waals surface area contributed by atoms with Crippen LogP contribution in [0, 0.1) is 6.92 Å². The van der Waals surface area contributed by atoms with Gasteiger partial charge in [-0.1, -0.05) is 0 Å². The third kappa shape index (κ3) is 2.82. The Labute approximate surface area is 111 Å². The zero-order valence-corrected chi connectivity index (χ0v) is 11.3. The van der Waals surface area contributed by atoms with Gasteiger partial charge in [0, 0.05) is 18.3 Å². The van der Waals surface area contributed by atoms with Crippen molar-refractivity contribution in [1.29, 1.82) is 0 Å². The minimum Gasteiger partial charge on any atom is -0.497 e. The lowest BCUT2D eigenvalue weighted by Crippen LogP contribution is -2.22. The summed E-state index contributed by atoms with van der Waals surface area (Å²) in [6.45, 7) is 2.32. The SMILES string of the molecule is CNCc1nn(-c2ccc(OC)cc2)c(C)cc1=O. The van der Waals surface area contributed by atoms with Crippen LogP contribution in [-0.4, -0.2) is 23.9 Å². The molecule has 0 aliphatic heterocycles. The zero-order chi connectivity index (χ0) is 13.8. The van der Waals surface area contributed by atoms with Crippen LogP contribution in [0.1, 0.15) is 11.4 Å². The van der Waals surface area contributed by atoms with E-state index in [1.54, 1.807) is 24.9 Å². The minimum absolute atomic E-state index is 0.0448. The lowest BCUT2D eigenvalue weighted by Gasteiger charge is -2.11. The first-order chi connectivity index (χ1) is 9.15. The van der Waals surface area contributed by atoms with Crippen LogP contribution in [0.5, 0.6) is 5.75 Å². The van der Waals surface area contributed by atoms with Crippen LogP contribution in [0.15, 0.2) is 35.1 Å². The van der Waals surface area contributed by atoms with E-state index in [0.29, 0.717) is 12.2 Å². The van der Waals surface area contributed by atoms with E-state index >= 15 is 0 Å². The monoisotopic (exact) mass is 259 g/mol. The highest BCUT2D eigenvalue weighted by molar-refractivity contribution is 5.37. The fourth-order valence-electron chi connectivity index (χ4n) is 1.86. The zero-order valence-electron chi connectivity index (χ0n) is 11.3. The van der Waals surface area contributed by atoms with E-state index in [2.05, 4.69) is 10.4 Å². The third-order valence-electron chi connectivity index (χ3n) is 2.84. The summed E-state index contributed by atoms with van der Waals surface area (Å²) in [4.78, 5) is 11.8. The number of ether oxygens (including phenoxy) is 1. The highest BCUT2D eigenvalue weighted by atomic mass is 16.5. The van der Waals surface area contributed by atoms with Gasteiger partial charge < -0.3 is 10.1 Å². The van der Waals surface area contributed by atoms with Gasteiger partial charge in [0.1, 0.15) is 11.4 Å². The molecule has 0 radical (unpaired) electrons. The van der Waals surface area contributed by atoms with Gasteiger partial charge in [-0.05, 0) is 38.2 Å². The summed E-state index contributed by atoms with van der Waals surface area (Å²) in [5, 5.41) is 7.33. The van der Waals surface area contributed by atoms with Crippen LogP contribution in [0.25, 0.3) is 5.69 Å². The Hall–Kier alpha value is -2.14. The molecule has 2 rings (SSSR count). The number of hydrogen-bond acceptors (Lipinski definition) is 4. The normalized spacial score (nSPS) is 10.5. The molecule has 100 valence electrons. The number of aromatic nitrogens is 2. The predicted molar refractivity (Wildman–Crippen MR) is 73.9 cm³/mol. The fraction of sp³-hybridized carbons (Fsp3) is 0.286. The summed E-state index contributed by atoms with van der Waals surface area (Å²) < 4.78 is 6.88. The summed E-state index contributed by atoms with van der Waals surface area (Å²) in [6, 6.07) is 9.15. The van der Waals surface area contributed by atoms with Crippen LogP contribution < -0.4 is 15.5 Å². The van der Waals surface area contributed by atoms with E-state index in [4.69, 9.17) is 4.74 Å². The summed E-state index contributed by atoms with van der Waals surface area (Å²) in [6.07, 6.45) is 0. The Balaban J connectivity index is 2.48. The molecule has 0 atom stereocenters. The Morgan fingerprint density at radius 2 is 2.00 bits per heavy atom. The standard InChI is InChI=1S/C14H17N3O2/c1-10-8-14(18)13(9-15-2)16-17(10)11-4-6-12(19-3)7-5-11/h4-8,15H,9H2,1-3H3. The lowest BCUT2D eigenvalue weighted by atomic mass is 10.2. The largest absolute Gasteiger partial charge is 0.497 e. The molecule has 0 saturated heterocycles. The quantitative estimate of drug-likeness (QED) is 0.898. The number of hydrogen-bond donors (Lipinski definition) is 1. The molecule has 0 fully saturated rings. The second-order valence-electron chi connectivity index (χ2n) is 4.24. The smallest absolute Gasteiger partial charge is 0.204 e. The van der Waals surface area contributed by atoms with Gasteiger partial charge in [0.25, 0.3) is 0 Å². The van der Waals surface area contributed by atoms with Crippen molar-refractivity contribution in [3.63, 3.8) is 0 Å². The highest BCUT2D eigenvalue weighted by Crippen LogP contribution is 2.15. The van der Waals surface area contributed by atoms with Crippen LogP contribution in [0.4, 0.5) is 0 Å². The topological polar surface area (TPSA) is 56.1 Å². The second kappa shape index (κ2) is 5.67. The molecule has 0 aliphatic carbocycles. The Morgan fingerprint density at radius 3 is 2.58 bits per heavy atom. The molecule has 5 nitrogen and oxygen atoms in total. The average molecular weight is 259 g/mol. The van der Waals surface area contributed by atoms with E-state index in [-0.39, 0.29) is 5.43 Å². The van der Waals surface area contributed by atoms with E-state index in [9.17, 15) is 4.79 Å². The first kappa shape index (κ1) is 13.3. The molecule has 0 aliphatic rings. The minimum atomic E-state index is -0.0448. The van der Waals surface area contributed by atoms with Crippen LogP contribution in [0.3, 0.4) is 0 Å². The molecule has 0 amide bonds. The molecule has 19 heavy (non-hydrogen) atoms. The van der Waals surface area contributed by atoms with E-state index in [1.165, 1.54) is 0 Å². The molecule has 1 aromatic heterocycles. The number of nitrogens with one attached hydrogen (secondary N) is 1. The maximum Gasteiger partial charge on any atom is 0.204 e. The Kier molecular flexibility index (Phi) is 3.97. The van der Waals surface area contributed by atoms with Gasteiger partial charge in [0.15, 0.2) is 0 Å². The van der Waals surface area contributed by atoms with Gasteiger partial charge in [0.05, 0.1) is 12.8 Å². The fourth-order valence-corrected chi connectivity index (χ4v) is 1.86. The van der Waals surface area contributed by atoms with Gasteiger partial charge in [-0.25, -0.2) is 4.68 Å². The number of rotatable bonds is 4. The highest BCUT2D eigenvalue weighted by Gasteiger charge is 2.07. The van der Waals surface area contributed by atoms with Gasteiger partial charge in [-0.15, -0.1) is 0 Å². The molecule has 1 heterocycles. The molecule has 2 aromatic rings. The molecule has 5 heteroatoms. The van der Waals surface area contributed by atoms with Gasteiger partial charge >= 0.3 is 0 Å². The molecule has 0 bridgehead atoms. The summed E-state index contributed by atoms with van der Waals surface area (Å²) in [5.74, 6) is 0.790. The number of nitrogens with zero attached hydrogens (tertiary/aromatic N) is 2. The average Bonchev–Trinajstić information content (AvgIpc) is 2.42. The van der Waals surface area contributed by atoms with Gasteiger partial charge in [0.2, 0.25) is 5.43 Å². The van der Waals surface area contributed by atoms with Crippen molar-refractivity contribution in [1.82, 2.24) is 15.1 Å². The summed E-state index contributed by atoms with van der Waals surface area (Å²) in [5.41, 5.74) is 2.16. The summed E-state index contributed by atoms with van der Waals surface area (Å²) >= 11 is 0. The molecule has 0 saturated carbocycles. The molecule has 1 N–H and O–H groups in total. The maximum absolute atomic E-state index is 11.8. The number of benzene rings is 1. The maximum atomic E-state index is 11.8. The van der Waals surface area contributed by atoms with Crippen LogP contribution >= 0.6 is 0 Å². The number of aryl methyl sites for hydroxylation is 1. The van der Waals surface area contributed by atoms with E-state index < -0.39 is 0 Å². The van der Waals surface area contributed by atoms with Crippen molar-refractivity contribution in [2.24, 2.45) is 0 Å². The Morgan fingerprint density at radius 1 is 1.32 bits per heavy atom. The summed E-state index contributed by atoms with van der Waals surface area (Å²) in [7, 11) is 3.42. The molecule has 0 spiro atoms. The molecular weight excluding hydrogens is 242 g/mol. The van der Waals surface area contributed by atoms with Crippen molar-refractivity contribution in [3.8, 4) is 11.4 Å². The van der Waals surface area contributed by atoms with Crippen molar-refractivity contribution in [2.45, 2.75) is 13.5 Å². The molecule has 0 unspecified atom stereocenters. The van der Waals surface area contributed by atoms with E-state index in [1.807, 2.05) is 31.2 Å². The van der Waals surface area contributed by atoms with Crippen molar-refractivity contribution < 1.29 is 4.74 Å². The van der Waals surface area contributed by atoms with Crippen molar-refractivity contribution in [2.75, 3.05) is 14.2 Å². The lowest BCUT2D eigenvalue weighted by molar-refractivity contribution is 0.414. The van der Waals surface area contributed by atoms with E-state index in [0.717, 1.165) is 17.1 Å². The predicted octanol–water partition coefficient (Wildman–Crippen LogP) is 1.27. The van der Waals surface area contributed by atoms with Crippen molar-refractivity contribution >= 4 is 0 Å². The number of methoxy groups -OCH3 is 1. The first-order valence-electron chi connectivity index (χ1n) is 6.04. The van der Waals surface area contributed by atoms with Gasteiger partial charge in [-0.3, -0.25) is 4.79 Å². The first-order valence-corrected chi connectivity index (χ1v) is 6.04. The molecule has 1 aromatic carbocycles. The van der Waals surface area contributed by atoms with Gasteiger partial charge in [-0.2, -0.15) is 5.10 Å².